The number of ether oxygens (including phenoxy) is 2. The number of methoxy groups -OCH3 is 2. The lowest BCUT2D eigenvalue weighted by atomic mass is 10.2. The lowest BCUT2D eigenvalue weighted by Crippen LogP contribution is -1.95. The first kappa shape index (κ1) is 17.6. The molecule has 2 aromatic carbocycles. The van der Waals surface area contributed by atoms with Crippen LogP contribution in [0.1, 0.15) is 0 Å². The van der Waals surface area contributed by atoms with E-state index >= 15 is 0 Å². The summed E-state index contributed by atoms with van der Waals surface area (Å²) in [6.45, 7) is 0. The first-order valence-corrected chi connectivity index (χ1v) is 6.78. The Morgan fingerprint density at radius 3 is 2.04 bits per heavy atom. The van der Waals surface area contributed by atoms with E-state index in [9.17, 15) is 20.2 Å². The van der Waals surface area contributed by atoms with Crippen LogP contribution >= 0.6 is 0 Å². The highest BCUT2D eigenvalue weighted by atomic mass is 16.6. The second-order valence-electron chi connectivity index (χ2n) is 4.57. The third-order valence-corrected chi connectivity index (χ3v) is 3.10. The summed E-state index contributed by atoms with van der Waals surface area (Å²) in [5.74, 6) is 0.595. The van der Waals surface area contributed by atoms with Crippen molar-refractivity contribution in [2.75, 3.05) is 19.6 Å². The summed E-state index contributed by atoms with van der Waals surface area (Å²) in [6, 6.07) is 7.77. The van der Waals surface area contributed by atoms with Gasteiger partial charge in [0.1, 0.15) is 22.9 Å². The van der Waals surface area contributed by atoms with E-state index in [1.165, 1.54) is 50.6 Å². The molecule has 0 aliphatic rings. The van der Waals surface area contributed by atoms with E-state index in [4.69, 9.17) is 9.47 Å². The molecule has 11 nitrogen and oxygen atoms in total. The maximum atomic E-state index is 10.8. The van der Waals surface area contributed by atoms with Gasteiger partial charge in [-0.2, -0.15) is 0 Å². The fourth-order valence-corrected chi connectivity index (χ4v) is 1.90. The van der Waals surface area contributed by atoms with Gasteiger partial charge in [0.05, 0.1) is 24.1 Å². The van der Waals surface area contributed by atoms with E-state index in [1.54, 1.807) is 0 Å². The van der Waals surface area contributed by atoms with Gasteiger partial charge in [0.25, 0.3) is 11.4 Å². The van der Waals surface area contributed by atoms with Crippen LogP contribution in [0.15, 0.2) is 46.7 Å². The Bertz CT molecular complexity index is 838. The van der Waals surface area contributed by atoms with Gasteiger partial charge in [0.15, 0.2) is 0 Å². The number of hydrogen-bond donors (Lipinski definition) is 1. The van der Waals surface area contributed by atoms with Crippen molar-refractivity contribution < 1.29 is 19.3 Å². The highest BCUT2D eigenvalue weighted by molar-refractivity contribution is 5.61. The average molecular weight is 347 g/mol. The van der Waals surface area contributed by atoms with Crippen LogP contribution in [0.2, 0.25) is 0 Å². The fourth-order valence-electron chi connectivity index (χ4n) is 1.90. The zero-order chi connectivity index (χ0) is 18.4. The second-order valence-corrected chi connectivity index (χ2v) is 4.57. The van der Waals surface area contributed by atoms with Crippen LogP contribution in [0.4, 0.5) is 22.7 Å². The predicted molar refractivity (Wildman–Crippen MR) is 87.4 cm³/mol. The molecule has 2 aromatic rings. The number of nitro groups is 2. The zero-order valence-electron chi connectivity index (χ0n) is 13.2. The number of rotatable bonds is 7. The Hall–Kier alpha value is -3.76. The molecule has 0 fully saturated rings. The summed E-state index contributed by atoms with van der Waals surface area (Å²) < 4.78 is 10.1. The highest BCUT2D eigenvalue weighted by Crippen LogP contribution is 2.33. The van der Waals surface area contributed by atoms with Crippen molar-refractivity contribution in [3.05, 3.63) is 56.6 Å². The fraction of sp³-hybridized carbons (Fsp3) is 0.143. The third kappa shape index (κ3) is 4.16. The van der Waals surface area contributed by atoms with Crippen molar-refractivity contribution in [2.45, 2.75) is 0 Å². The smallest absolute Gasteiger partial charge is 0.271 e. The average Bonchev–Trinajstić information content (AvgIpc) is 2.61. The van der Waals surface area contributed by atoms with E-state index in [-0.39, 0.29) is 28.5 Å². The molecule has 130 valence electrons. The van der Waals surface area contributed by atoms with Gasteiger partial charge < -0.3 is 9.47 Å². The first-order chi connectivity index (χ1) is 12.0. The van der Waals surface area contributed by atoms with E-state index < -0.39 is 9.85 Å². The van der Waals surface area contributed by atoms with Crippen LogP contribution in [0.3, 0.4) is 0 Å². The van der Waals surface area contributed by atoms with Crippen LogP contribution in [-0.4, -0.2) is 24.1 Å². The summed E-state index contributed by atoms with van der Waals surface area (Å²) in [6.07, 6.45) is 0. The normalized spacial score (nSPS) is 10.5. The van der Waals surface area contributed by atoms with Crippen molar-refractivity contribution in [1.29, 1.82) is 0 Å². The van der Waals surface area contributed by atoms with Crippen LogP contribution in [0.25, 0.3) is 0 Å². The molecular formula is C14H13N5O6. The molecule has 2 rings (SSSR count). The van der Waals surface area contributed by atoms with Crippen molar-refractivity contribution in [2.24, 2.45) is 10.3 Å². The molecule has 0 saturated carbocycles. The van der Waals surface area contributed by atoms with Gasteiger partial charge in [0.2, 0.25) is 0 Å². The SMILES string of the molecule is COc1ccc([N+](=O)[O-])cc1N=NNc1cc([N+](=O)[O-])ccc1OC. The van der Waals surface area contributed by atoms with Crippen molar-refractivity contribution in [3.63, 3.8) is 0 Å². The molecule has 0 saturated heterocycles. The lowest BCUT2D eigenvalue weighted by Gasteiger charge is -2.07. The Morgan fingerprint density at radius 1 is 0.920 bits per heavy atom. The molecule has 0 heterocycles. The number of nitrogens with one attached hydrogen (secondary N) is 1. The quantitative estimate of drug-likeness (QED) is 0.458. The van der Waals surface area contributed by atoms with E-state index in [0.717, 1.165) is 0 Å². The molecule has 0 unspecified atom stereocenters. The number of non-ortho nitro benzene ring substituents is 2. The topological polar surface area (TPSA) is 141 Å². The van der Waals surface area contributed by atoms with E-state index in [2.05, 4.69) is 15.8 Å². The standard InChI is InChI=1S/C14H13N5O6/c1-24-13-5-3-9(18(20)21)7-11(13)15-17-16-12-8-10(19(22)23)4-6-14(12)25-2/h3-8H,1-2H3,(H,15,16). The molecule has 0 radical (unpaired) electrons. The van der Waals surface area contributed by atoms with Gasteiger partial charge in [-0.25, -0.2) is 0 Å². The minimum absolute atomic E-state index is 0.119. The summed E-state index contributed by atoms with van der Waals surface area (Å²) in [5.41, 5.74) is 2.50. The van der Waals surface area contributed by atoms with Gasteiger partial charge in [-0.1, -0.05) is 5.22 Å². The third-order valence-electron chi connectivity index (χ3n) is 3.10. The Balaban J connectivity index is 2.29. The molecule has 25 heavy (non-hydrogen) atoms. The molecule has 0 aliphatic heterocycles. The zero-order valence-corrected chi connectivity index (χ0v) is 13.2. The van der Waals surface area contributed by atoms with Crippen molar-refractivity contribution in [1.82, 2.24) is 0 Å². The predicted octanol–water partition coefficient (Wildman–Crippen LogP) is 3.63. The number of hydrogen-bond acceptors (Lipinski definition) is 8. The minimum Gasteiger partial charge on any atom is -0.495 e. The van der Waals surface area contributed by atoms with Crippen LogP contribution in [0, 0.1) is 20.2 Å². The Morgan fingerprint density at radius 2 is 1.48 bits per heavy atom. The monoisotopic (exact) mass is 347 g/mol. The molecule has 0 spiro atoms. The second kappa shape index (κ2) is 7.68. The van der Waals surface area contributed by atoms with Crippen molar-refractivity contribution >= 4 is 22.7 Å². The molecule has 0 bridgehead atoms. The maximum absolute atomic E-state index is 10.8. The number of anilines is 1. The van der Waals surface area contributed by atoms with Crippen LogP contribution < -0.4 is 14.9 Å². The summed E-state index contributed by atoms with van der Waals surface area (Å²) in [5, 5.41) is 29.2. The molecule has 0 atom stereocenters. The number of nitro benzene ring substituents is 2. The van der Waals surface area contributed by atoms with Crippen LogP contribution in [-0.2, 0) is 0 Å². The summed E-state index contributed by atoms with van der Waals surface area (Å²) in [7, 11) is 2.78. The molecule has 11 heteroatoms. The van der Waals surface area contributed by atoms with Gasteiger partial charge in [-0.3, -0.25) is 25.7 Å². The first-order valence-electron chi connectivity index (χ1n) is 6.78. The minimum atomic E-state index is -0.574. The largest absolute Gasteiger partial charge is 0.495 e. The van der Waals surface area contributed by atoms with Gasteiger partial charge >= 0.3 is 0 Å². The molecule has 1 N–H and O–H groups in total. The maximum Gasteiger partial charge on any atom is 0.271 e. The Labute approximate surface area is 141 Å². The van der Waals surface area contributed by atoms with Gasteiger partial charge in [0, 0.05) is 24.3 Å². The number of nitrogens with zero attached hydrogens (tertiary/aromatic N) is 4. The van der Waals surface area contributed by atoms with Gasteiger partial charge in [-0.15, -0.1) is 5.11 Å². The summed E-state index contributed by atoms with van der Waals surface area (Å²) >= 11 is 0. The number of benzene rings is 2. The van der Waals surface area contributed by atoms with Crippen LogP contribution in [0.5, 0.6) is 11.5 Å². The Kier molecular flexibility index (Phi) is 5.40. The molecular weight excluding hydrogens is 334 g/mol. The van der Waals surface area contributed by atoms with Gasteiger partial charge in [-0.05, 0) is 12.1 Å². The molecule has 0 aromatic heterocycles. The van der Waals surface area contributed by atoms with Crippen molar-refractivity contribution in [3.8, 4) is 11.5 Å². The molecule has 0 amide bonds. The lowest BCUT2D eigenvalue weighted by molar-refractivity contribution is -0.385. The van der Waals surface area contributed by atoms with E-state index in [0.29, 0.717) is 5.75 Å². The van der Waals surface area contributed by atoms with E-state index in [1.807, 2.05) is 0 Å². The summed E-state index contributed by atoms with van der Waals surface area (Å²) in [4.78, 5) is 20.5. The highest BCUT2D eigenvalue weighted by Gasteiger charge is 2.12. The molecule has 0 aliphatic carbocycles.